The number of hydrogen-bond donors (Lipinski definition) is 8. The van der Waals surface area contributed by atoms with Crippen LogP contribution in [-0.2, 0) is 28.5 Å². The first-order valence-electron chi connectivity index (χ1n) is 9.02. The van der Waals surface area contributed by atoms with E-state index in [9.17, 15) is 40.5 Å². The average Bonchev–Trinajstić information content (AvgIpc) is 2.70. The van der Waals surface area contributed by atoms with Crippen molar-refractivity contribution in [3.05, 3.63) is 11.8 Å². The predicted molar refractivity (Wildman–Crippen MR) is 88.1 cm³/mol. The molecule has 14 nitrogen and oxygen atoms in total. The third kappa shape index (κ3) is 4.74. The average molecular weight is 440 g/mol. The van der Waals surface area contributed by atoms with E-state index in [2.05, 4.69) is 0 Å². The first-order valence-corrected chi connectivity index (χ1v) is 9.02. The molecule has 0 radical (unpaired) electrons. The standard InChI is InChI=1S/C16H24O14/c17-4-1-6(13(23)24)28-15(9(4)20)30-12-8(19)5(18)2-27-16(12)29-7-3-26-14(25)11(22)10(7)21/h1,4-5,7-12,14-22,25H,2-3H2,(H,23,24)/t4-,5+,7+,8-,9+,10-,11+,12+,14+,15+,16-/m0/s1. The van der Waals surface area contributed by atoms with Gasteiger partial charge in [0.2, 0.25) is 12.0 Å². The topological polar surface area (TPSA) is 225 Å². The smallest absolute Gasteiger partial charge is 0.371 e. The van der Waals surface area contributed by atoms with Crippen LogP contribution < -0.4 is 0 Å². The van der Waals surface area contributed by atoms with Crippen molar-refractivity contribution < 1.29 is 69.3 Å². The van der Waals surface area contributed by atoms with Crippen molar-refractivity contribution in [2.24, 2.45) is 0 Å². The lowest BCUT2D eigenvalue weighted by Crippen LogP contribution is -2.61. The van der Waals surface area contributed by atoms with E-state index in [1.54, 1.807) is 0 Å². The van der Waals surface area contributed by atoms with Gasteiger partial charge in [0.05, 0.1) is 13.2 Å². The number of aliphatic hydroxyl groups excluding tert-OH is 7. The minimum Gasteiger partial charge on any atom is -0.475 e. The number of carboxylic acids is 1. The number of carbonyl (C=O) groups is 1. The van der Waals surface area contributed by atoms with E-state index in [-0.39, 0.29) is 6.61 Å². The van der Waals surface area contributed by atoms with Crippen molar-refractivity contribution in [1.82, 2.24) is 0 Å². The number of ether oxygens (including phenoxy) is 5. The second kappa shape index (κ2) is 9.37. The molecule has 0 bridgehead atoms. The van der Waals surface area contributed by atoms with Gasteiger partial charge in [0.15, 0.2) is 12.6 Å². The van der Waals surface area contributed by atoms with E-state index >= 15 is 0 Å². The molecule has 172 valence electrons. The van der Waals surface area contributed by atoms with Crippen molar-refractivity contribution in [1.29, 1.82) is 0 Å². The fourth-order valence-corrected chi connectivity index (χ4v) is 3.13. The Morgan fingerprint density at radius 3 is 2.23 bits per heavy atom. The molecule has 0 aromatic heterocycles. The Hall–Kier alpha value is -1.43. The molecule has 30 heavy (non-hydrogen) atoms. The molecular weight excluding hydrogens is 416 g/mol. The van der Waals surface area contributed by atoms with Crippen molar-refractivity contribution in [3.63, 3.8) is 0 Å². The first kappa shape index (κ1) is 23.2. The number of hydrogen-bond acceptors (Lipinski definition) is 13. The number of carboxylic acid groups (broad SMARTS) is 1. The van der Waals surface area contributed by atoms with E-state index in [1.165, 1.54) is 0 Å². The summed E-state index contributed by atoms with van der Waals surface area (Å²) in [5.41, 5.74) is 0. The Kier molecular flexibility index (Phi) is 7.26. The highest BCUT2D eigenvalue weighted by molar-refractivity contribution is 5.84. The van der Waals surface area contributed by atoms with Gasteiger partial charge in [-0.15, -0.1) is 0 Å². The molecule has 3 rings (SSSR count). The number of rotatable bonds is 5. The SMILES string of the molecule is O=C(O)C1=C[C@H](O)[C@@H](O)[C@@H](O[C@H]2[C@H](O[C@@H]3CO[C@@H](O)[C@H](O)[C@H]3O)OC[C@@H](O)[C@@H]2O)O1. The van der Waals surface area contributed by atoms with Gasteiger partial charge >= 0.3 is 5.97 Å². The molecule has 2 saturated heterocycles. The summed E-state index contributed by atoms with van der Waals surface area (Å²) in [6.45, 7) is -0.769. The molecular formula is C16H24O14. The van der Waals surface area contributed by atoms with Crippen LogP contribution in [0.2, 0.25) is 0 Å². The maximum Gasteiger partial charge on any atom is 0.371 e. The summed E-state index contributed by atoms with van der Waals surface area (Å²) in [5.74, 6) is -2.26. The largest absolute Gasteiger partial charge is 0.475 e. The van der Waals surface area contributed by atoms with Gasteiger partial charge in [-0.25, -0.2) is 4.79 Å². The number of aliphatic hydroxyl groups is 7. The zero-order chi connectivity index (χ0) is 22.2. The van der Waals surface area contributed by atoms with E-state index in [1.807, 2.05) is 0 Å². The molecule has 8 N–H and O–H groups in total. The van der Waals surface area contributed by atoms with Gasteiger partial charge in [-0.1, -0.05) is 0 Å². The lowest BCUT2D eigenvalue weighted by Gasteiger charge is -2.43. The lowest BCUT2D eigenvalue weighted by molar-refractivity contribution is -0.350. The minimum absolute atomic E-state index is 0.363. The molecule has 0 aromatic carbocycles. The van der Waals surface area contributed by atoms with Crippen LogP contribution in [0, 0.1) is 0 Å². The van der Waals surface area contributed by atoms with Crippen LogP contribution in [0.15, 0.2) is 11.8 Å². The van der Waals surface area contributed by atoms with Gasteiger partial charge in [0.25, 0.3) is 0 Å². The van der Waals surface area contributed by atoms with Crippen molar-refractivity contribution in [2.45, 2.75) is 67.7 Å². The number of aliphatic carboxylic acids is 1. The van der Waals surface area contributed by atoms with Crippen LogP contribution in [0.4, 0.5) is 0 Å². The highest BCUT2D eigenvalue weighted by Gasteiger charge is 2.48. The third-order valence-electron chi connectivity index (χ3n) is 4.89. The fourth-order valence-electron chi connectivity index (χ4n) is 3.13. The molecule has 11 atom stereocenters. The highest BCUT2D eigenvalue weighted by Crippen LogP contribution is 2.28. The van der Waals surface area contributed by atoms with Crippen molar-refractivity contribution >= 4 is 5.97 Å². The summed E-state index contributed by atoms with van der Waals surface area (Å²) in [7, 11) is 0. The maximum absolute atomic E-state index is 11.1. The van der Waals surface area contributed by atoms with Crippen LogP contribution in [0.25, 0.3) is 0 Å². The molecule has 3 aliphatic rings. The van der Waals surface area contributed by atoms with Gasteiger partial charge in [0.1, 0.15) is 48.8 Å². The van der Waals surface area contributed by atoms with Gasteiger partial charge in [-0.05, 0) is 6.08 Å². The normalized spacial score (nSPS) is 47.3. The van der Waals surface area contributed by atoms with E-state index < -0.39 is 86.0 Å². The summed E-state index contributed by atoms with van der Waals surface area (Å²) < 4.78 is 26.0. The van der Waals surface area contributed by atoms with Crippen LogP contribution in [0.5, 0.6) is 0 Å². The third-order valence-corrected chi connectivity index (χ3v) is 4.89. The Labute approximate surface area is 169 Å². The van der Waals surface area contributed by atoms with Gasteiger partial charge in [-0.2, -0.15) is 0 Å². The highest BCUT2D eigenvalue weighted by atomic mass is 16.8. The molecule has 0 unspecified atom stereocenters. The molecule has 0 aliphatic carbocycles. The van der Waals surface area contributed by atoms with Gasteiger partial charge in [-0.3, -0.25) is 0 Å². The van der Waals surface area contributed by atoms with Gasteiger partial charge in [0, 0.05) is 0 Å². The molecule has 0 aromatic rings. The molecule has 14 heteroatoms. The van der Waals surface area contributed by atoms with Crippen LogP contribution in [0.1, 0.15) is 0 Å². The Morgan fingerprint density at radius 1 is 0.867 bits per heavy atom. The zero-order valence-electron chi connectivity index (χ0n) is 15.4. The lowest BCUT2D eigenvalue weighted by atomic mass is 10.0. The van der Waals surface area contributed by atoms with Crippen LogP contribution in [-0.4, -0.2) is 128 Å². The van der Waals surface area contributed by atoms with E-state index in [0.717, 1.165) is 6.08 Å². The van der Waals surface area contributed by atoms with Crippen LogP contribution >= 0.6 is 0 Å². The fraction of sp³-hybridized carbons (Fsp3) is 0.812. The first-order chi connectivity index (χ1) is 14.1. The minimum atomic E-state index is -1.78. The second-order valence-electron chi connectivity index (χ2n) is 7.04. The molecule has 0 amide bonds. The van der Waals surface area contributed by atoms with Gasteiger partial charge < -0.3 is 64.5 Å². The molecule has 0 spiro atoms. The molecule has 2 fully saturated rings. The quantitative estimate of drug-likeness (QED) is 0.200. The Balaban J connectivity index is 1.74. The maximum atomic E-state index is 11.1. The summed E-state index contributed by atoms with van der Waals surface area (Å²) in [6.07, 6.45) is -16.8. The summed E-state index contributed by atoms with van der Waals surface area (Å²) >= 11 is 0. The predicted octanol–water partition coefficient (Wildman–Crippen LogP) is -5.05. The summed E-state index contributed by atoms with van der Waals surface area (Å²) in [6, 6.07) is 0. The van der Waals surface area contributed by atoms with E-state index in [0.29, 0.717) is 0 Å². The Morgan fingerprint density at radius 2 is 1.57 bits per heavy atom. The second-order valence-corrected chi connectivity index (χ2v) is 7.04. The Bertz CT molecular complexity index is 641. The summed E-state index contributed by atoms with van der Waals surface area (Å²) in [5, 5.41) is 78.2. The summed E-state index contributed by atoms with van der Waals surface area (Å²) in [4.78, 5) is 11.1. The molecule has 3 aliphatic heterocycles. The molecule has 0 saturated carbocycles. The van der Waals surface area contributed by atoms with E-state index in [4.69, 9.17) is 28.8 Å². The van der Waals surface area contributed by atoms with Crippen molar-refractivity contribution in [2.75, 3.05) is 13.2 Å². The van der Waals surface area contributed by atoms with Crippen molar-refractivity contribution in [3.8, 4) is 0 Å². The molecule has 3 heterocycles. The zero-order valence-corrected chi connectivity index (χ0v) is 15.4. The van der Waals surface area contributed by atoms with Crippen LogP contribution in [0.3, 0.4) is 0 Å². The monoisotopic (exact) mass is 440 g/mol.